The molecule has 132 valence electrons. The van der Waals surface area contributed by atoms with Crippen molar-refractivity contribution in [3.05, 3.63) is 24.3 Å². The van der Waals surface area contributed by atoms with E-state index >= 15 is 0 Å². The highest BCUT2D eigenvalue weighted by atomic mass is 16.5. The van der Waals surface area contributed by atoms with E-state index in [-0.39, 0.29) is 12.3 Å². The second-order valence-electron chi connectivity index (χ2n) is 6.11. The van der Waals surface area contributed by atoms with Gasteiger partial charge in [-0.2, -0.15) is 0 Å². The lowest BCUT2D eigenvalue weighted by Gasteiger charge is -2.41. The summed E-state index contributed by atoms with van der Waals surface area (Å²) in [6, 6.07) is 7.36. The Morgan fingerprint density at radius 3 is 2.29 bits per heavy atom. The Labute approximate surface area is 142 Å². The summed E-state index contributed by atoms with van der Waals surface area (Å²) in [7, 11) is 0. The highest BCUT2D eigenvalue weighted by Gasteiger charge is 2.40. The first-order valence-corrected chi connectivity index (χ1v) is 8.41. The molecular formula is C18H25NO5. The molecule has 2 N–H and O–H groups in total. The summed E-state index contributed by atoms with van der Waals surface area (Å²) < 4.78 is 11.0. The zero-order valence-corrected chi connectivity index (χ0v) is 14.0. The van der Waals surface area contributed by atoms with Crippen LogP contribution >= 0.6 is 0 Å². The number of nitrogens with one attached hydrogen (secondary N) is 1. The molecule has 0 spiro atoms. The topological polar surface area (TPSA) is 84.9 Å². The fraction of sp³-hybridized carbons (Fsp3) is 0.556. The summed E-state index contributed by atoms with van der Waals surface area (Å²) in [5.74, 6) is 0.564. The number of carbonyl (C=O) groups excluding carboxylic acids is 1. The molecule has 24 heavy (non-hydrogen) atoms. The maximum absolute atomic E-state index is 12.0. The molecule has 1 aromatic carbocycles. The number of rotatable bonds is 10. The molecule has 0 saturated heterocycles. The fourth-order valence-electron chi connectivity index (χ4n) is 2.82. The van der Waals surface area contributed by atoms with Crippen molar-refractivity contribution in [2.75, 3.05) is 13.2 Å². The third-order valence-corrected chi connectivity index (χ3v) is 4.16. The standard InChI is InChI=1S/C18H25NO5/c1-2-23-14-6-8-15(9-7-14)24-12-3-5-16(20)19-18(10-4-11-18)13-17(21)22/h6-9H,2-5,10-13H2,1H3,(H,19,20)(H,21,22). The van der Waals surface area contributed by atoms with E-state index in [2.05, 4.69) is 5.32 Å². The normalized spacial score (nSPS) is 15.2. The zero-order valence-electron chi connectivity index (χ0n) is 14.0. The van der Waals surface area contributed by atoms with Crippen LogP contribution < -0.4 is 14.8 Å². The molecule has 0 radical (unpaired) electrons. The van der Waals surface area contributed by atoms with Gasteiger partial charge in [0.1, 0.15) is 11.5 Å². The SMILES string of the molecule is CCOc1ccc(OCCCC(=O)NC2(CC(=O)O)CCC2)cc1. The van der Waals surface area contributed by atoms with Crippen LogP contribution in [0.5, 0.6) is 11.5 Å². The van der Waals surface area contributed by atoms with Gasteiger partial charge in [-0.25, -0.2) is 0 Å². The largest absolute Gasteiger partial charge is 0.494 e. The van der Waals surface area contributed by atoms with Crippen LogP contribution in [0.3, 0.4) is 0 Å². The van der Waals surface area contributed by atoms with Gasteiger partial charge >= 0.3 is 5.97 Å². The Bertz CT molecular complexity index is 551. The number of amides is 1. The van der Waals surface area contributed by atoms with Crippen LogP contribution in [-0.2, 0) is 9.59 Å². The average Bonchev–Trinajstić information content (AvgIpc) is 2.51. The molecule has 1 fully saturated rings. The molecule has 6 nitrogen and oxygen atoms in total. The number of carbonyl (C=O) groups is 2. The Hall–Kier alpha value is -2.24. The quantitative estimate of drug-likeness (QED) is 0.642. The second-order valence-corrected chi connectivity index (χ2v) is 6.11. The molecule has 6 heteroatoms. The molecule has 2 rings (SSSR count). The summed E-state index contributed by atoms with van der Waals surface area (Å²) in [5.41, 5.74) is -0.529. The predicted molar refractivity (Wildman–Crippen MR) is 89.3 cm³/mol. The minimum absolute atomic E-state index is 0.00141. The molecule has 0 bridgehead atoms. The lowest BCUT2D eigenvalue weighted by molar-refractivity contribution is -0.140. The maximum Gasteiger partial charge on any atom is 0.305 e. The molecule has 1 aliphatic carbocycles. The number of carboxylic acid groups (broad SMARTS) is 1. The van der Waals surface area contributed by atoms with E-state index < -0.39 is 11.5 Å². The van der Waals surface area contributed by atoms with Gasteiger partial charge < -0.3 is 19.9 Å². The van der Waals surface area contributed by atoms with Crippen molar-refractivity contribution in [1.29, 1.82) is 0 Å². The highest BCUT2D eigenvalue weighted by molar-refractivity contribution is 5.78. The van der Waals surface area contributed by atoms with Crippen molar-refractivity contribution < 1.29 is 24.2 Å². The maximum atomic E-state index is 12.0. The van der Waals surface area contributed by atoms with Crippen molar-refractivity contribution in [2.24, 2.45) is 0 Å². The van der Waals surface area contributed by atoms with E-state index in [0.29, 0.717) is 26.1 Å². The van der Waals surface area contributed by atoms with E-state index in [0.717, 1.165) is 30.8 Å². The van der Waals surface area contributed by atoms with Gasteiger partial charge in [0.05, 0.1) is 25.2 Å². The number of carboxylic acids is 1. The summed E-state index contributed by atoms with van der Waals surface area (Å²) in [4.78, 5) is 22.9. The Morgan fingerprint density at radius 2 is 1.79 bits per heavy atom. The van der Waals surface area contributed by atoms with Gasteiger partial charge in [-0.3, -0.25) is 9.59 Å². The fourth-order valence-corrected chi connectivity index (χ4v) is 2.82. The minimum atomic E-state index is -0.867. The van der Waals surface area contributed by atoms with Gasteiger partial charge in [-0.1, -0.05) is 0 Å². The lowest BCUT2D eigenvalue weighted by atomic mass is 9.74. The molecule has 1 saturated carbocycles. The first-order chi connectivity index (χ1) is 11.5. The van der Waals surface area contributed by atoms with E-state index in [4.69, 9.17) is 14.6 Å². The smallest absolute Gasteiger partial charge is 0.305 e. The van der Waals surface area contributed by atoms with Crippen LogP contribution in [0.25, 0.3) is 0 Å². The van der Waals surface area contributed by atoms with Crippen LogP contribution in [0.4, 0.5) is 0 Å². The molecule has 1 aromatic rings. The third kappa shape index (κ3) is 5.44. The van der Waals surface area contributed by atoms with Gasteiger partial charge in [0, 0.05) is 6.42 Å². The monoisotopic (exact) mass is 335 g/mol. The summed E-state index contributed by atoms with van der Waals surface area (Å²) >= 11 is 0. The number of benzene rings is 1. The van der Waals surface area contributed by atoms with Crippen LogP contribution in [0.15, 0.2) is 24.3 Å². The van der Waals surface area contributed by atoms with Crippen LogP contribution in [-0.4, -0.2) is 35.7 Å². The second kappa shape index (κ2) is 8.57. The van der Waals surface area contributed by atoms with Gasteiger partial charge in [0.2, 0.25) is 5.91 Å². The molecule has 0 aliphatic heterocycles. The predicted octanol–water partition coefficient (Wildman–Crippen LogP) is 2.76. The number of hydrogen-bond acceptors (Lipinski definition) is 4. The van der Waals surface area contributed by atoms with Gasteiger partial charge in [0.25, 0.3) is 0 Å². The summed E-state index contributed by atoms with van der Waals surface area (Å²) in [5, 5.41) is 11.8. The van der Waals surface area contributed by atoms with Crippen molar-refractivity contribution in [2.45, 2.75) is 51.0 Å². The molecular weight excluding hydrogens is 310 g/mol. The van der Waals surface area contributed by atoms with Crippen molar-refractivity contribution in [3.63, 3.8) is 0 Å². The summed E-state index contributed by atoms with van der Waals surface area (Å²) in [6.07, 6.45) is 3.37. The first-order valence-electron chi connectivity index (χ1n) is 8.41. The van der Waals surface area contributed by atoms with Crippen LogP contribution in [0.1, 0.15) is 45.4 Å². The lowest BCUT2D eigenvalue weighted by Crippen LogP contribution is -2.54. The minimum Gasteiger partial charge on any atom is -0.494 e. The van der Waals surface area contributed by atoms with E-state index in [1.807, 2.05) is 31.2 Å². The molecule has 0 heterocycles. The number of hydrogen-bond donors (Lipinski definition) is 2. The van der Waals surface area contributed by atoms with E-state index in [9.17, 15) is 9.59 Å². The molecule has 1 amide bonds. The average molecular weight is 335 g/mol. The van der Waals surface area contributed by atoms with Crippen molar-refractivity contribution in [3.8, 4) is 11.5 Å². The first kappa shape index (κ1) is 18.1. The van der Waals surface area contributed by atoms with E-state index in [1.54, 1.807) is 0 Å². The van der Waals surface area contributed by atoms with Crippen molar-refractivity contribution >= 4 is 11.9 Å². The Kier molecular flexibility index (Phi) is 6.46. The molecule has 0 atom stereocenters. The highest BCUT2D eigenvalue weighted by Crippen LogP contribution is 2.35. The van der Waals surface area contributed by atoms with E-state index in [1.165, 1.54) is 0 Å². The third-order valence-electron chi connectivity index (χ3n) is 4.16. The van der Waals surface area contributed by atoms with Gasteiger partial charge in [-0.15, -0.1) is 0 Å². The molecule has 1 aliphatic rings. The molecule has 0 unspecified atom stereocenters. The zero-order chi connectivity index (χ0) is 17.4. The van der Waals surface area contributed by atoms with Crippen LogP contribution in [0.2, 0.25) is 0 Å². The van der Waals surface area contributed by atoms with Gasteiger partial charge in [0.15, 0.2) is 0 Å². The Balaban J connectivity index is 1.66. The number of aliphatic carboxylic acids is 1. The van der Waals surface area contributed by atoms with Crippen molar-refractivity contribution in [1.82, 2.24) is 5.32 Å². The summed E-state index contributed by atoms with van der Waals surface area (Å²) in [6.45, 7) is 2.99. The molecule has 0 aromatic heterocycles. The van der Waals surface area contributed by atoms with Crippen LogP contribution in [0, 0.1) is 0 Å². The number of ether oxygens (including phenoxy) is 2. The Morgan fingerprint density at radius 1 is 1.17 bits per heavy atom. The van der Waals surface area contributed by atoms with Gasteiger partial charge in [-0.05, 0) is 56.9 Å².